The molecule has 0 bridgehead atoms. The summed E-state index contributed by atoms with van der Waals surface area (Å²) < 4.78 is 0. The molecule has 0 aromatic heterocycles. The molecular formula is C33H28N2O2P+. The highest BCUT2D eigenvalue weighted by atomic mass is 31.2. The molecule has 0 heterocycles. The Hall–Kier alpha value is -4.53. The third-order valence-corrected chi connectivity index (χ3v) is 10.9. The molecule has 4 nitrogen and oxygen atoms in total. The summed E-state index contributed by atoms with van der Waals surface area (Å²) in [5, 5.41) is 18.8. The van der Waals surface area contributed by atoms with E-state index in [9.17, 15) is 9.90 Å². The van der Waals surface area contributed by atoms with Crippen LogP contribution in [0, 0.1) is 0 Å². The molecule has 0 radical (unpaired) electrons. The number of hydrogen-bond acceptors (Lipinski definition) is 3. The highest BCUT2D eigenvalue weighted by molar-refractivity contribution is 7.95. The van der Waals surface area contributed by atoms with Crippen LogP contribution in [0.3, 0.4) is 0 Å². The van der Waals surface area contributed by atoms with E-state index in [1.54, 1.807) is 24.3 Å². The maximum absolute atomic E-state index is 12.3. The average Bonchev–Trinajstić information content (AvgIpc) is 2.99. The van der Waals surface area contributed by atoms with Crippen molar-refractivity contribution in [3.63, 3.8) is 0 Å². The number of nitrogens with one attached hydrogen (secondary N) is 1. The first kappa shape index (κ1) is 25.1. The van der Waals surface area contributed by atoms with Crippen molar-refractivity contribution in [3.8, 4) is 5.75 Å². The zero-order valence-electron chi connectivity index (χ0n) is 20.8. The largest absolute Gasteiger partial charge is 0.507 e. The SMILES string of the molecule is O=C(N/N=C/c1ccc(C[P+](c2ccccc2)(c2ccccc2)c2ccccc2)cc1O)c1ccccc1. The molecule has 5 aromatic carbocycles. The number of rotatable bonds is 8. The van der Waals surface area contributed by atoms with Crippen molar-refractivity contribution in [3.05, 3.63) is 156 Å². The topological polar surface area (TPSA) is 61.7 Å². The van der Waals surface area contributed by atoms with Gasteiger partial charge in [0, 0.05) is 11.1 Å². The molecular weight excluding hydrogens is 487 g/mol. The van der Waals surface area contributed by atoms with Gasteiger partial charge >= 0.3 is 0 Å². The van der Waals surface area contributed by atoms with Crippen LogP contribution in [-0.2, 0) is 6.16 Å². The molecule has 1 amide bonds. The fourth-order valence-electron chi connectivity index (χ4n) is 4.65. The van der Waals surface area contributed by atoms with Crippen LogP contribution in [0.2, 0.25) is 0 Å². The van der Waals surface area contributed by atoms with Crippen molar-refractivity contribution in [1.29, 1.82) is 0 Å². The second-order valence-electron chi connectivity index (χ2n) is 8.93. The van der Waals surface area contributed by atoms with Crippen molar-refractivity contribution in [2.75, 3.05) is 0 Å². The lowest BCUT2D eigenvalue weighted by atomic mass is 10.1. The molecule has 0 unspecified atom stereocenters. The summed E-state index contributed by atoms with van der Waals surface area (Å²) in [6.07, 6.45) is 2.22. The van der Waals surface area contributed by atoms with Crippen LogP contribution >= 0.6 is 7.26 Å². The standard InChI is InChI=1S/C33H27N2O2P/c36-32-23-26(21-22-28(32)24-34-35-33(37)27-13-5-1-6-14-27)25-38(29-15-7-2-8-16-29,30-17-9-3-10-18-30)31-19-11-4-12-20-31/h1-24H,25H2,(H-,34,35,36,37)/p+1. The predicted molar refractivity (Wildman–Crippen MR) is 158 cm³/mol. The van der Waals surface area contributed by atoms with Gasteiger partial charge in [-0.25, -0.2) is 5.43 Å². The summed E-state index contributed by atoms with van der Waals surface area (Å²) in [7, 11) is -2.08. The number of aromatic hydroxyl groups is 1. The minimum atomic E-state index is -2.08. The van der Waals surface area contributed by atoms with E-state index in [-0.39, 0.29) is 11.7 Å². The minimum Gasteiger partial charge on any atom is -0.507 e. The van der Waals surface area contributed by atoms with E-state index in [1.807, 2.05) is 42.5 Å². The molecule has 0 saturated heterocycles. The molecule has 0 spiro atoms. The van der Waals surface area contributed by atoms with Crippen LogP contribution in [0.25, 0.3) is 0 Å². The first-order valence-electron chi connectivity index (χ1n) is 12.4. The summed E-state index contributed by atoms with van der Waals surface area (Å²) in [5.74, 6) is -0.186. The van der Waals surface area contributed by atoms with E-state index in [4.69, 9.17) is 0 Å². The first-order chi connectivity index (χ1) is 18.7. The quantitative estimate of drug-likeness (QED) is 0.159. The number of phenolic OH excluding ortho intramolecular Hbond substituents is 1. The van der Waals surface area contributed by atoms with Crippen LogP contribution in [0.1, 0.15) is 21.5 Å². The Morgan fingerprint density at radius 1 is 0.684 bits per heavy atom. The molecule has 0 aliphatic heterocycles. The van der Waals surface area contributed by atoms with Crippen molar-refractivity contribution in [1.82, 2.24) is 5.43 Å². The second-order valence-corrected chi connectivity index (χ2v) is 12.4. The minimum absolute atomic E-state index is 0.118. The zero-order valence-corrected chi connectivity index (χ0v) is 21.7. The third-order valence-electron chi connectivity index (χ3n) is 6.51. The molecule has 0 atom stereocenters. The van der Waals surface area contributed by atoms with Gasteiger partial charge in [0.05, 0.1) is 12.4 Å². The van der Waals surface area contributed by atoms with Crippen molar-refractivity contribution < 1.29 is 9.90 Å². The first-order valence-corrected chi connectivity index (χ1v) is 14.4. The fraction of sp³-hybridized carbons (Fsp3) is 0.0303. The third kappa shape index (κ3) is 5.41. The molecule has 0 aliphatic carbocycles. The van der Waals surface area contributed by atoms with E-state index < -0.39 is 7.26 Å². The van der Waals surface area contributed by atoms with E-state index >= 15 is 0 Å². The highest BCUT2D eigenvalue weighted by Crippen LogP contribution is 2.58. The van der Waals surface area contributed by atoms with Gasteiger partial charge in [0.25, 0.3) is 5.91 Å². The Bertz CT molecular complexity index is 1430. The van der Waals surface area contributed by atoms with Gasteiger partial charge in [0.15, 0.2) is 0 Å². The number of nitrogens with zero attached hydrogens (tertiary/aromatic N) is 1. The predicted octanol–water partition coefficient (Wildman–Crippen LogP) is 5.65. The van der Waals surface area contributed by atoms with Crippen LogP contribution in [0.4, 0.5) is 0 Å². The van der Waals surface area contributed by atoms with Gasteiger partial charge in [-0.1, -0.05) is 78.9 Å². The Balaban J connectivity index is 1.48. The molecule has 38 heavy (non-hydrogen) atoms. The van der Waals surface area contributed by atoms with Gasteiger partial charge in [0.2, 0.25) is 0 Å². The average molecular weight is 516 g/mol. The number of benzene rings is 5. The highest BCUT2D eigenvalue weighted by Gasteiger charge is 2.45. The summed E-state index contributed by atoms with van der Waals surface area (Å²) >= 11 is 0. The number of amides is 1. The van der Waals surface area contributed by atoms with Crippen LogP contribution in [0.15, 0.2) is 145 Å². The lowest BCUT2D eigenvalue weighted by molar-refractivity contribution is 0.0955. The Morgan fingerprint density at radius 3 is 1.63 bits per heavy atom. The molecule has 5 heteroatoms. The van der Waals surface area contributed by atoms with Gasteiger partial charge in [-0.3, -0.25) is 4.79 Å². The second kappa shape index (κ2) is 11.7. The summed E-state index contributed by atoms with van der Waals surface area (Å²) in [6, 6.07) is 46.6. The molecule has 0 fully saturated rings. The van der Waals surface area contributed by atoms with Gasteiger partial charge in [-0.15, -0.1) is 0 Å². The summed E-state index contributed by atoms with van der Waals surface area (Å²) in [5.41, 5.74) is 4.60. The number of carbonyl (C=O) groups excluding carboxylic acids is 1. The van der Waals surface area contributed by atoms with Crippen molar-refractivity contribution in [2.24, 2.45) is 5.10 Å². The van der Waals surface area contributed by atoms with Crippen LogP contribution in [-0.4, -0.2) is 17.2 Å². The summed E-state index contributed by atoms with van der Waals surface area (Å²) in [4.78, 5) is 12.3. The number of carbonyl (C=O) groups is 1. The molecule has 2 N–H and O–H groups in total. The normalized spacial score (nSPS) is 11.4. The van der Waals surface area contributed by atoms with E-state index in [0.29, 0.717) is 11.1 Å². The van der Waals surface area contributed by atoms with Crippen LogP contribution < -0.4 is 21.3 Å². The molecule has 5 aromatic rings. The Kier molecular flexibility index (Phi) is 7.73. The van der Waals surface area contributed by atoms with Crippen LogP contribution in [0.5, 0.6) is 5.75 Å². The number of hydrogen-bond donors (Lipinski definition) is 2. The van der Waals surface area contributed by atoms with E-state index in [2.05, 4.69) is 83.3 Å². The van der Waals surface area contributed by atoms with Gasteiger partial charge in [-0.2, -0.15) is 5.10 Å². The lowest BCUT2D eigenvalue weighted by Gasteiger charge is -2.28. The number of phenols is 1. The van der Waals surface area contributed by atoms with E-state index in [0.717, 1.165) is 11.7 Å². The fourth-order valence-corrected chi connectivity index (χ4v) is 8.88. The molecule has 5 rings (SSSR count). The number of hydrazone groups is 1. The van der Waals surface area contributed by atoms with Gasteiger partial charge in [-0.05, 0) is 66.2 Å². The van der Waals surface area contributed by atoms with Gasteiger partial charge < -0.3 is 5.11 Å². The Morgan fingerprint density at radius 2 is 1.16 bits per heavy atom. The van der Waals surface area contributed by atoms with E-state index in [1.165, 1.54) is 22.1 Å². The zero-order chi connectivity index (χ0) is 26.2. The molecule has 0 aliphatic rings. The van der Waals surface area contributed by atoms with Crippen molar-refractivity contribution in [2.45, 2.75) is 6.16 Å². The molecule has 0 saturated carbocycles. The Labute approximate surface area is 223 Å². The molecule has 186 valence electrons. The lowest BCUT2D eigenvalue weighted by Crippen LogP contribution is -2.32. The summed E-state index contributed by atoms with van der Waals surface area (Å²) in [6.45, 7) is 0. The maximum Gasteiger partial charge on any atom is 0.271 e. The van der Waals surface area contributed by atoms with Gasteiger partial charge in [0.1, 0.15) is 28.9 Å². The smallest absolute Gasteiger partial charge is 0.271 e. The monoisotopic (exact) mass is 515 g/mol. The van der Waals surface area contributed by atoms with Crippen molar-refractivity contribution >= 4 is 35.3 Å². The maximum atomic E-state index is 12.3.